The van der Waals surface area contributed by atoms with Crippen LogP contribution in [-0.2, 0) is 9.59 Å². The molecule has 8 heteroatoms. The summed E-state index contributed by atoms with van der Waals surface area (Å²) in [5.41, 5.74) is 2.63. The molecule has 1 fully saturated rings. The first-order valence-corrected chi connectivity index (χ1v) is 14.0. The average molecular weight is 559 g/mol. The molecule has 0 aliphatic carbocycles. The van der Waals surface area contributed by atoms with Crippen molar-refractivity contribution in [3.63, 3.8) is 0 Å². The number of carbonyl (C=O) groups excluding carboxylic acids is 1. The Bertz CT molecular complexity index is 1370. The number of hydrogen-bond donors (Lipinski definition) is 2. The van der Waals surface area contributed by atoms with Crippen LogP contribution in [0.3, 0.4) is 0 Å². The predicted molar refractivity (Wildman–Crippen MR) is 155 cm³/mol. The number of rotatable bonds is 9. The largest absolute Gasteiger partial charge is 0.497 e. The molecule has 0 saturated carbocycles. The Balaban J connectivity index is 1.47. The maximum absolute atomic E-state index is 13.7. The predicted octanol–water partition coefficient (Wildman–Crippen LogP) is 5.56. The third-order valence-corrected chi connectivity index (χ3v) is 7.87. The van der Waals surface area contributed by atoms with E-state index in [4.69, 9.17) is 14.2 Å². The first-order chi connectivity index (χ1) is 19.6. The number of amides is 1. The molecule has 2 aliphatic rings. The Labute approximate surface area is 241 Å². The van der Waals surface area contributed by atoms with Gasteiger partial charge in [-0.3, -0.25) is 14.5 Å². The van der Waals surface area contributed by atoms with E-state index in [-0.39, 0.29) is 30.7 Å². The number of carboxylic acids is 1. The minimum Gasteiger partial charge on any atom is -0.497 e. The fourth-order valence-corrected chi connectivity index (χ4v) is 6.13. The number of ether oxygens (including phenoxy) is 3. The molecule has 0 spiro atoms. The molecule has 4 atom stereocenters. The Hall–Kier alpha value is -4.04. The van der Waals surface area contributed by atoms with Gasteiger partial charge in [-0.1, -0.05) is 75.4 Å². The summed E-state index contributed by atoms with van der Waals surface area (Å²) in [7, 11) is 1.59. The van der Waals surface area contributed by atoms with Gasteiger partial charge in [0, 0.05) is 24.1 Å². The van der Waals surface area contributed by atoms with E-state index in [0.717, 1.165) is 23.1 Å². The molecule has 2 heterocycles. The lowest BCUT2D eigenvalue weighted by molar-refractivity contribution is -0.143. The lowest BCUT2D eigenvalue weighted by atomic mass is 9.82. The molecule has 3 aromatic rings. The fourth-order valence-electron chi connectivity index (χ4n) is 6.13. The van der Waals surface area contributed by atoms with Crippen LogP contribution in [0.4, 0.5) is 0 Å². The first kappa shape index (κ1) is 28.5. The van der Waals surface area contributed by atoms with Gasteiger partial charge < -0.3 is 24.6 Å². The summed E-state index contributed by atoms with van der Waals surface area (Å²) in [6, 6.07) is 22.3. The second-order valence-corrected chi connectivity index (χ2v) is 12.0. The highest BCUT2D eigenvalue weighted by Gasteiger charge is 2.49. The van der Waals surface area contributed by atoms with Gasteiger partial charge in [0.2, 0.25) is 12.7 Å². The molecular weight excluding hydrogens is 520 g/mol. The summed E-state index contributed by atoms with van der Waals surface area (Å²) < 4.78 is 16.7. The number of carbonyl (C=O) groups is 2. The standard InChI is InChI=1S/C33H38N2O6/c1-33(2,3)17-26(21-9-6-5-7-10-21)34-28(36)19-35-18-25(24-11-8-12-27-31(24)41-20-40-27)29(32(37)38)30(35)22-13-15-23(39-4)16-14-22/h5-16,25-26,29-30H,17-20H2,1-4H3,(H,34,36)(H,37,38)/t25-,26?,29-,30+/m1/s1. The maximum atomic E-state index is 13.7. The van der Waals surface area contributed by atoms with E-state index in [0.29, 0.717) is 23.8 Å². The number of aliphatic carboxylic acids is 1. The molecular formula is C33H38N2O6. The van der Waals surface area contributed by atoms with Crippen molar-refractivity contribution in [2.75, 3.05) is 27.0 Å². The van der Waals surface area contributed by atoms with Crippen molar-refractivity contribution in [1.29, 1.82) is 0 Å². The zero-order valence-electron chi connectivity index (χ0n) is 24.0. The minimum atomic E-state index is -0.926. The van der Waals surface area contributed by atoms with E-state index in [1.165, 1.54) is 0 Å². The number of nitrogens with one attached hydrogen (secondary N) is 1. The lowest BCUT2D eigenvalue weighted by Gasteiger charge is -2.30. The second kappa shape index (κ2) is 11.8. The van der Waals surface area contributed by atoms with Crippen molar-refractivity contribution in [3.05, 3.63) is 89.5 Å². The Kier molecular flexibility index (Phi) is 8.22. The van der Waals surface area contributed by atoms with Crippen LogP contribution in [-0.4, -0.2) is 48.9 Å². The van der Waals surface area contributed by atoms with Crippen LogP contribution in [0, 0.1) is 11.3 Å². The van der Waals surface area contributed by atoms with Crippen LogP contribution in [0.1, 0.15) is 61.9 Å². The van der Waals surface area contributed by atoms with Gasteiger partial charge in [0.15, 0.2) is 11.5 Å². The first-order valence-electron chi connectivity index (χ1n) is 14.0. The molecule has 2 N–H and O–H groups in total. The van der Waals surface area contributed by atoms with Gasteiger partial charge in [-0.05, 0) is 41.2 Å². The van der Waals surface area contributed by atoms with Crippen molar-refractivity contribution in [3.8, 4) is 17.2 Å². The van der Waals surface area contributed by atoms with Gasteiger partial charge in [-0.15, -0.1) is 0 Å². The highest BCUT2D eigenvalue weighted by Crippen LogP contribution is 2.50. The third kappa shape index (κ3) is 6.33. The van der Waals surface area contributed by atoms with Crippen LogP contribution in [0.5, 0.6) is 17.2 Å². The number of nitrogens with zero attached hydrogens (tertiary/aromatic N) is 1. The SMILES string of the molecule is COc1ccc([C@H]2[C@H](C(=O)O)[C@@H](c3cccc4c3OCO4)CN2CC(=O)NC(CC(C)(C)C)c2ccccc2)cc1. The molecule has 0 bridgehead atoms. The molecule has 0 radical (unpaired) electrons. The number of para-hydroxylation sites is 1. The van der Waals surface area contributed by atoms with Crippen molar-refractivity contribution >= 4 is 11.9 Å². The monoisotopic (exact) mass is 558 g/mol. The summed E-state index contributed by atoms with van der Waals surface area (Å²) >= 11 is 0. The van der Waals surface area contributed by atoms with Gasteiger partial charge >= 0.3 is 5.97 Å². The molecule has 0 aromatic heterocycles. The molecule has 216 valence electrons. The highest BCUT2D eigenvalue weighted by atomic mass is 16.7. The topological polar surface area (TPSA) is 97.3 Å². The normalized spacial score (nSPS) is 20.9. The Morgan fingerprint density at radius 3 is 2.41 bits per heavy atom. The molecule has 2 aliphatic heterocycles. The van der Waals surface area contributed by atoms with Gasteiger partial charge in [-0.25, -0.2) is 0 Å². The van der Waals surface area contributed by atoms with Gasteiger partial charge in [0.25, 0.3) is 0 Å². The van der Waals surface area contributed by atoms with Crippen LogP contribution in [0.15, 0.2) is 72.8 Å². The average Bonchev–Trinajstić information content (AvgIpc) is 3.57. The Morgan fingerprint density at radius 1 is 1.02 bits per heavy atom. The lowest BCUT2D eigenvalue weighted by Crippen LogP contribution is -2.40. The quantitative estimate of drug-likeness (QED) is 0.355. The van der Waals surface area contributed by atoms with E-state index in [1.54, 1.807) is 7.11 Å². The molecule has 5 rings (SSSR count). The summed E-state index contributed by atoms with van der Waals surface area (Å²) in [5.74, 6) is -0.433. The van der Waals surface area contributed by atoms with E-state index < -0.39 is 23.8 Å². The van der Waals surface area contributed by atoms with Crippen LogP contribution < -0.4 is 19.5 Å². The summed E-state index contributed by atoms with van der Waals surface area (Å²) in [6.07, 6.45) is 0.762. The number of hydrogen-bond acceptors (Lipinski definition) is 6. The molecule has 1 amide bonds. The van der Waals surface area contributed by atoms with Crippen LogP contribution in [0.2, 0.25) is 0 Å². The Morgan fingerprint density at radius 2 is 1.76 bits per heavy atom. The molecule has 8 nitrogen and oxygen atoms in total. The number of benzene rings is 3. The molecule has 3 aromatic carbocycles. The smallest absolute Gasteiger partial charge is 0.309 e. The summed E-state index contributed by atoms with van der Waals surface area (Å²) in [6.45, 7) is 6.98. The maximum Gasteiger partial charge on any atom is 0.309 e. The molecule has 1 saturated heterocycles. The summed E-state index contributed by atoms with van der Waals surface area (Å²) in [4.78, 5) is 28.6. The van der Waals surface area contributed by atoms with Gasteiger partial charge in [-0.2, -0.15) is 0 Å². The zero-order valence-corrected chi connectivity index (χ0v) is 24.0. The van der Waals surface area contributed by atoms with E-state index in [1.807, 2.05) is 77.7 Å². The number of carboxylic acid groups (broad SMARTS) is 1. The number of fused-ring (bicyclic) bond motifs is 1. The van der Waals surface area contributed by atoms with Gasteiger partial charge in [0.05, 0.1) is 25.6 Å². The third-order valence-electron chi connectivity index (χ3n) is 7.87. The zero-order chi connectivity index (χ0) is 29.1. The molecule has 1 unspecified atom stereocenters. The highest BCUT2D eigenvalue weighted by molar-refractivity contribution is 5.79. The number of likely N-dealkylation sites (tertiary alicyclic amines) is 1. The van der Waals surface area contributed by atoms with Crippen LogP contribution >= 0.6 is 0 Å². The van der Waals surface area contributed by atoms with Crippen molar-refractivity contribution < 1.29 is 28.9 Å². The van der Waals surface area contributed by atoms with E-state index >= 15 is 0 Å². The van der Waals surface area contributed by atoms with Crippen LogP contribution in [0.25, 0.3) is 0 Å². The van der Waals surface area contributed by atoms with Crippen molar-refractivity contribution in [2.24, 2.45) is 11.3 Å². The minimum absolute atomic E-state index is 0.0116. The summed E-state index contributed by atoms with van der Waals surface area (Å²) in [5, 5.41) is 13.8. The second-order valence-electron chi connectivity index (χ2n) is 12.0. The number of methoxy groups -OCH3 is 1. The molecule has 41 heavy (non-hydrogen) atoms. The van der Waals surface area contributed by atoms with Crippen molar-refractivity contribution in [2.45, 2.75) is 45.2 Å². The van der Waals surface area contributed by atoms with Crippen molar-refractivity contribution in [1.82, 2.24) is 10.2 Å². The van der Waals surface area contributed by atoms with Gasteiger partial charge in [0.1, 0.15) is 5.75 Å². The van der Waals surface area contributed by atoms with E-state index in [2.05, 4.69) is 26.1 Å². The van der Waals surface area contributed by atoms with E-state index in [9.17, 15) is 14.7 Å². The fraction of sp³-hybridized carbons (Fsp3) is 0.394.